The molecule has 144 valence electrons. The molecule has 0 atom stereocenters. The molecule has 0 aliphatic carbocycles. The highest BCUT2D eigenvalue weighted by Crippen LogP contribution is 2.28. The second-order valence-electron chi connectivity index (χ2n) is 6.99. The van der Waals surface area contributed by atoms with Crippen molar-refractivity contribution in [3.8, 4) is 0 Å². The summed E-state index contributed by atoms with van der Waals surface area (Å²) in [5, 5.41) is 3.12. The Morgan fingerprint density at radius 3 is 2.27 bits per heavy atom. The minimum Gasteiger partial charge on any atom is -0.324 e. The van der Waals surface area contributed by atoms with Crippen LogP contribution in [0.25, 0.3) is 0 Å². The van der Waals surface area contributed by atoms with Gasteiger partial charge >= 0.3 is 0 Å². The zero-order chi connectivity index (χ0) is 18.6. The van der Waals surface area contributed by atoms with E-state index < -0.39 is 10.0 Å². The smallest absolute Gasteiger partial charge is 0.243 e. The fraction of sp³-hybridized carbons (Fsp3) is 0.611. The van der Waals surface area contributed by atoms with Gasteiger partial charge in [0, 0.05) is 13.1 Å². The molecule has 2 fully saturated rings. The number of carbonyl (C=O) groups excluding carboxylic acids is 1. The lowest BCUT2D eigenvalue weighted by atomic mass is 10.1. The molecule has 0 unspecified atom stereocenters. The molecule has 1 N–H and O–H groups in total. The van der Waals surface area contributed by atoms with Crippen molar-refractivity contribution in [1.29, 1.82) is 0 Å². The minimum absolute atomic E-state index is 0.165. The fourth-order valence-electron chi connectivity index (χ4n) is 3.53. The minimum atomic E-state index is -3.55. The summed E-state index contributed by atoms with van der Waals surface area (Å²) in [6.07, 6.45) is 6.25. The number of halogens is 1. The van der Waals surface area contributed by atoms with Gasteiger partial charge in [0.25, 0.3) is 0 Å². The normalized spacial score (nSPS) is 20.0. The lowest BCUT2D eigenvalue weighted by molar-refractivity contribution is -0.117. The highest BCUT2D eigenvalue weighted by Gasteiger charge is 2.26. The molecule has 8 heteroatoms. The maximum atomic E-state index is 12.8. The van der Waals surface area contributed by atoms with E-state index in [0.717, 1.165) is 45.2 Å². The molecule has 0 bridgehead atoms. The highest BCUT2D eigenvalue weighted by atomic mass is 35.5. The fourth-order valence-corrected chi connectivity index (χ4v) is 5.23. The number of piperidine rings is 2. The molecule has 2 aliphatic rings. The number of anilines is 1. The summed E-state index contributed by atoms with van der Waals surface area (Å²) in [6, 6.07) is 4.52. The Morgan fingerprint density at radius 1 is 1.00 bits per heavy atom. The molecule has 0 radical (unpaired) electrons. The lowest BCUT2D eigenvalue weighted by Gasteiger charge is -2.26. The predicted molar refractivity (Wildman–Crippen MR) is 103 cm³/mol. The van der Waals surface area contributed by atoms with Crippen LogP contribution in [0.4, 0.5) is 5.69 Å². The summed E-state index contributed by atoms with van der Waals surface area (Å²) in [6.45, 7) is 3.23. The zero-order valence-electron chi connectivity index (χ0n) is 14.9. The summed E-state index contributed by atoms with van der Waals surface area (Å²) in [7, 11) is -3.55. The number of amides is 1. The number of nitrogens with one attached hydrogen (secondary N) is 1. The monoisotopic (exact) mass is 399 g/mol. The van der Waals surface area contributed by atoms with E-state index in [9.17, 15) is 13.2 Å². The average Bonchev–Trinajstić information content (AvgIpc) is 2.65. The SMILES string of the molecule is O=C(CN1CCCCC1)Nc1cc(S(=O)(=O)N2CCCCC2)ccc1Cl. The van der Waals surface area contributed by atoms with Crippen LogP contribution in [0.3, 0.4) is 0 Å². The third-order valence-corrected chi connectivity index (χ3v) is 7.20. The molecule has 3 rings (SSSR count). The first-order chi connectivity index (χ1) is 12.5. The van der Waals surface area contributed by atoms with Crippen molar-refractivity contribution < 1.29 is 13.2 Å². The molecule has 0 spiro atoms. The van der Waals surface area contributed by atoms with Crippen LogP contribution in [0.15, 0.2) is 23.1 Å². The highest BCUT2D eigenvalue weighted by molar-refractivity contribution is 7.89. The van der Waals surface area contributed by atoms with E-state index >= 15 is 0 Å². The van der Waals surface area contributed by atoms with Gasteiger partial charge in [-0.15, -0.1) is 0 Å². The van der Waals surface area contributed by atoms with Gasteiger partial charge in [-0.2, -0.15) is 4.31 Å². The third-order valence-electron chi connectivity index (χ3n) is 4.98. The summed E-state index contributed by atoms with van der Waals surface area (Å²) >= 11 is 6.18. The second-order valence-corrected chi connectivity index (χ2v) is 9.34. The van der Waals surface area contributed by atoms with Crippen LogP contribution in [-0.4, -0.2) is 56.3 Å². The molecule has 1 amide bonds. The Bertz CT molecular complexity index is 742. The lowest BCUT2D eigenvalue weighted by Crippen LogP contribution is -2.37. The van der Waals surface area contributed by atoms with Gasteiger partial charge in [0.05, 0.1) is 22.2 Å². The molecule has 2 aliphatic heterocycles. The predicted octanol–water partition coefficient (Wildman–Crippen LogP) is 2.94. The summed E-state index contributed by atoms with van der Waals surface area (Å²) in [4.78, 5) is 14.6. The Kier molecular flexibility index (Phi) is 6.55. The van der Waals surface area contributed by atoms with Crippen LogP contribution in [0.5, 0.6) is 0 Å². The Balaban J connectivity index is 1.71. The van der Waals surface area contributed by atoms with Gasteiger partial charge < -0.3 is 5.32 Å². The number of rotatable bonds is 5. The van der Waals surface area contributed by atoms with Gasteiger partial charge in [-0.05, 0) is 57.0 Å². The summed E-state index contributed by atoms with van der Waals surface area (Å²) in [5.41, 5.74) is 0.353. The van der Waals surface area contributed by atoms with E-state index in [1.807, 2.05) is 0 Å². The molecule has 2 heterocycles. The maximum absolute atomic E-state index is 12.8. The van der Waals surface area contributed by atoms with Gasteiger partial charge in [0.15, 0.2) is 0 Å². The third kappa shape index (κ3) is 4.76. The van der Waals surface area contributed by atoms with Crippen LogP contribution in [-0.2, 0) is 14.8 Å². The van der Waals surface area contributed by atoms with Crippen LogP contribution < -0.4 is 5.32 Å². The first-order valence-electron chi connectivity index (χ1n) is 9.29. The molecule has 2 saturated heterocycles. The molecular formula is C18H26ClN3O3S. The van der Waals surface area contributed by atoms with E-state index in [4.69, 9.17) is 11.6 Å². The van der Waals surface area contributed by atoms with Crippen molar-refractivity contribution in [3.05, 3.63) is 23.2 Å². The summed E-state index contributed by atoms with van der Waals surface area (Å²) in [5.74, 6) is -0.165. The average molecular weight is 400 g/mol. The molecule has 26 heavy (non-hydrogen) atoms. The van der Waals surface area contributed by atoms with Crippen LogP contribution in [0.1, 0.15) is 38.5 Å². The Labute approximate surface area is 160 Å². The van der Waals surface area contributed by atoms with Crippen molar-refractivity contribution in [2.45, 2.75) is 43.4 Å². The second kappa shape index (κ2) is 8.69. The molecule has 1 aromatic rings. The van der Waals surface area contributed by atoms with E-state index in [0.29, 0.717) is 30.3 Å². The summed E-state index contributed by atoms with van der Waals surface area (Å²) < 4.78 is 27.1. The molecule has 6 nitrogen and oxygen atoms in total. The van der Waals surface area contributed by atoms with Crippen LogP contribution >= 0.6 is 11.6 Å². The largest absolute Gasteiger partial charge is 0.324 e. The number of nitrogens with zero attached hydrogens (tertiary/aromatic N) is 2. The van der Waals surface area contributed by atoms with Crippen molar-refractivity contribution in [2.75, 3.05) is 38.0 Å². The molecule has 0 saturated carbocycles. The molecule has 0 aromatic heterocycles. The first-order valence-corrected chi connectivity index (χ1v) is 11.1. The number of hydrogen-bond acceptors (Lipinski definition) is 4. The van der Waals surface area contributed by atoms with E-state index in [2.05, 4.69) is 10.2 Å². The number of likely N-dealkylation sites (tertiary alicyclic amines) is 1. The first kappa shape index (κ1) is 19.6. The van der Waals surface area contributed by atoms with Crippen molar-refractivity contribution in [1.82, 2.24) is 9.21 Å². The number of benzene rings is 1. The van der Waals surface area contributed by atoms with Crippen LogP contribution in [0, 0.1) is 0 Å². The van der Waals surface area contributed by atoms with E-state index in [-0.39, 0.29) is 10.8 Å². The van der Waals surface area contributed by atoms with Crippen LogP contribution in [0.2, 0.25) is 5.02 Å². The van der Waals surface area contributed by atoms with Gasteiger partial charge in [-0.3, -0.25) is 9.69 Å². The Morgan fingerprint density at radius 2 is 1.62 bits per heavy atom. The Hall–Kier alpha value is -1.15. The zero-order valence-corrected chi connectivity index (χ0v) is 16.5. The van der Waals surface area contributed by atoms with Crippen molar-refractivity contribution >= 4 is 33.2 Å². The number of sulfonamides is 1. The van der Waals surface area contributed by atoms with Crippen molar-refractivity contribution in [3.63, 3.8) is 0 Å². The number of carbonyl (C=O) groups is 1. The van der Waals surface area contributed by atoms with E-state index in [1.54, 1.807) is 0 Å². The molecule has 1 aromatic carbocycles. The standard InChI is InChI=1S/C18H26ClN3O3S/c19-16-8-7-15(26(24,25)22-11-5-2-6-12-22)13-17(16)20-18(23)14-21-9-3-1-4-10-21/h7-8,13H,1-6,9-12,14H2,(H,20,23). The van der Waals surface area contributed by atoms with Gasteiger partial charge in [-0.25, -0.2) is 8.42 Å². The maximum Gasteiger partial charge on any atom is 0.243 e. The van der Waals surface area contributed by atoms with Gasteiger partial charge in [0.2, 0.25) is 15.9 Å². The van der Waals surface area contributed by atoms with Gasteiger partial charge in [-0.1, -0.05) is 24.4 Å². The number of hydrogen-bond donors (Lipinski definition) is 1. The quantitative estimate of drug-likeness (QED) is 0.826. The van der Waals surface area contributed by atoms with Gasteiger partial charge in [0.1, 0.15) is 0 Å². The van der Waals surface area contributed by atoms with E-state index in [1.165, 1.54) is 28.9 Å². The van der Waals surface area contributed by atoms with Crippen molar-refractivity contribution in [2.24, 2.45) is 0 Å². The molecular weight excluding hydrogens is 374 g/mol. The topological polar surface area (TPSA) is 69.7 Å².